The van der Waals surface area contributed by atoms with Crippen LogP contribution in [0.2, 0.25) is 0 Å². The average Bonchev–Trinajstić information content (AvgIpc) is 2.71. The number of nitrogens with one attached hydrogen (secondary N) is 1. The first kappa shape index (κ1) is 16.5. The van der Waals surface area contributed by atoms with E-state index in [1.54, 1.807) is 14.1 Å². The number of rotatable bonds is 3. The molecule has 1 fully saturated rings. The fourth-order valence-electron chi connectivity index (χ4n) is 3.22. The van der Waals surface area contributed by atoms with Crippen LogP contribution in [-0.2, 0) is 11.8 Å². The zero-order chi connectivity index (χ0) is 18.1. The maximum absolute atomic E-state index is 12.4. The van der Waals surface area contributed by atoms with Gasteiger partial charge >= 0.3 is 0 Å². The molecule has 0 atom stereocenters. The lowest BCUT2D eigenvalue weighted by Gasteiger charge is -2.28. The van der Waals surface area contributed by atoms with E-state index < -0.39 is 0 Å². The van der Waals surface area contributed by atoms with Gasteiger partial charge in [0.1, 0.15) is 11.2 Å². The van der Waals surface area contributed by atoms with Crippen LogP contribution < -0.4 is 15.8 Å². The minimum absolute atomic E-state index is 0.110. The monoisotopic (exact) mass is 351 g/mol. The molecule has 0 radical (unpaired) electrons. The number of anilines is 2. The van der Waals surface area contributed by atoms with Crippen LogP contribution in [0, 0.1) is 0 Å². The maximum atomic E-state index is 12.4. The fraction of sp³-hybridized carbons (Fsp3) is 0.316. The van der Waals surface area contributed by atoms with Gasteiger partial charge in [0.2, 0.25) is 0 Å². The van der Waals surface area contributed by atoms with Gasteiger partial charge in [0, 0.05) is 38.4 Å². The predicted molar refractivity (Wildman–Crippen MR) is 103 cm³/mol. The van der Waals surface area contributed by atoms with Crippen molar-refractivity contribution in [3.63, 3.8) is 0 Å². The second kappa shape index (κ2) is 6.76. The molecule has 134 valence electrons. The molecule has 26 heavy (non-hydrogen) atoms. The summed E-state index contributed by atoms with van der Waals surface area (Å²) in [6, 6.07) is 10.2. The van der Waals surface area contributed by atoms with Crippen molar-refractivity contribution in [1.82, 2.24) is 14.5 Å². The summed E-state index contributed by atoms with van der Waals surface area (Å²) >= 11 is 0. The van der Waals surface area contributed by atoms with E-state index in [2.05, 4.69) is 44.5 Å². The number of fused-ring (bicyclic) bond motifs is 1. The van der Waals surface area contributed by atoms with Crippen LogP contribution in [0.1, 0.15) is 0 Å². The van der Waals surface area contributed by atoms with Crippen LogP contribution in [0.25, 0.3) is 22.2 Å². The molecule has 1 aromatic carbocycles. The van der Waals surface area contributed by atoms with Gasteiger partial charge in [-0.1, -0.05) is 12.1 Å². The van der Waals surface area contributed by atoms with Gasteiger partial charge in [-0.05, 0) is 18.2 Å². The number of pyridine rings is 1. The third-order valence-corrected chi connectivity index (χ3v) is 4.68. The Labute approximate surface area is 151 Å². The summed E-state index contributed by atoms with van der Waals surface area (Å²) in [4.78, 5) is 23.7. The SMILES string of the molecule is CNc1nc(-c2ccc(N3CCOCC3)cc2)cc2ncn(C)c(=O)c12. The molecule has 1 saturated heterocycles. The van der Waals surface area contributed by atoms with Gasteiger partial charge in [0.25, 0.3) is 5.56 Å². The van der Waals surface area contributed by atoms with Crippen LogP contribution in [0.4, 0.5) is 11.5 Å². The summed E-state index contributed by atoms with van der Waals surface area (Å²) in [6.45, 7) is 3.34. The van der Waals surface area contributed by atoms with Gasteiger partial charge < -0.3 is 19.5 Å². The molecule has 0 unspecified atom stereocenters. The van der Waals surface area contributed by atoms with E-state index in [1.807, 2.05) is 6.07 Å². The molecule has 3 aromatic rings. The van der Waals surface area contributed by atoms with E-state index in [4.69, 9.17) is 4.74 Å². The quantitative estimate of drug-likeness (QED) is 0.777. The Morgan fingerprint density at radius 3 is 2.58 bits per heavy atom. The number of nitrogens with zero attached hydrogens (tertiary/aromatic N) is 4. The highest BCUT2D eigenvalue weighted by Gasteiger charge is 2.14. The topological polar surface area (TPSA) is 72.3 Å². The Morgan fingerprint density at radius 1 is 1.15 bits per heavy atom. The van der Waals surface area contributed by atoms with E-state index >= 15 is 0 Å². The van der Waals surface area contributed by atoms with Crippen LogP contribution in [0.3, 0.4) is 0 Å². The number of aryl methyl sites for hydroxylation is 1. The summed E-state index contributed by atoms with van der Waals surface area (Å²) in [5.74, 6) is 0.545. The number of benzene rings is 1. The third kappa shape index (κ3) is 2.90. The predicted octanol–water partition coefficient (Wildman–Crippen LogP) is 1.87. The number of hydrogen-bond acceptors (Lipinski definition) is 6. The van der Waals surface area contributed by atoms with E-state index in [-0.39, 0.29) is 5.56 Å². The number of ether oxygens (including phenoxy) is 1. The molecule has 0 amide bonds. The molecule has 0 saturated carbocycles. The highest BCUT2D eigenvalue weighted by Crippen LogP contribution is 2.26. The molecule has 7 heteroatoms. The van der Waals surface area contributed by atoms with Crippen LogP contribution in [0.15, 0.2) is 41.5 Å². The van der Waals surface area contributed by atoms with Gasteiger partial charge in [0.05, 0.1) is 30.8 Å². The zero-order valence-corrected chi connectivity index (χ0v) is 14.9. The van der Waals surface area contributed by atoms with Crippen LogP contribution in [-0.4, -0.2) is 47.9 Å². The summed E-state index contributed by atoms with van der Waals surface area (Å²) in [5, 5.41) is 3.53. The summed E-state index contributed by atoms with van der Waals surface area (Å²) < 4.78 is 6.87. The first-order chi connectivity index (χ1) is 12.7. The van der Waals surface area contributed by atoms with E-state index in [0.29, 0.717) is 16.7 Å². The Balaban J connectivity index is 1.74. The Hall–Kier alpha value is -2.93. The van der Waals surface area contributed by atoms with Crippen molar-refractivity contribution < 1.29 is 4.74 Å². The Bertz CT molecular complexity index is 991. The average molecular weight is 351 g/mol. The van der Waals surface area contributed by atoms with E-state index in [0.717, 1.165) is 37.6 Å². The molecule has 7 nitrogen and oxygen atoms in total. The van der Waals surface area contributed by atoms with E-state index in [9.17, 15) is 4.79 Å². The van der Waals surface area contributed by atoms with Crippen molar-refractivity contribution >= 4 is 22.4 Å². The lowest BCUT2D eigenvalue weighted by Crippen LogP contribution is -2.36. The Morgan fingerprint density at radius 2 is 1.88 bits per heavy atom. The molecular weight excluding hydrogens is 330 g/mol. The molecular formula is C19H21N5O2. The number of hydrogen-bond donors (Lipinski definition) is 1. The standard InChI is InChI=1S/C19H21N5O2/c1-20-18-17-16(21-12-23(2)19(17)25)11-15(22-18)13-3-5-14(6-4-13)24-7-9-26-10-8-24/h3-6,11-12H,7-10H2,1-2H3,(H,20,22). The van der Waals surface area contributed by atoms with Gasteiger partial charge in [-0.3, -0.25) is 4.79 Å². The zero-order valence-electron chi connectivity index (χ0n) is 14.9. The normalized spacial score (nSPS) is 14.6. The van der Waals surface area contributed by atoms with Crippen molar-refractivity contribution in [2.24, 2.45) is 7.05 Å². The highest BCUT2D eigenvalue weighted by molar-refractivity contribution is 5.91. The molecule has 4 rings (SSSR count). The smallest absolute Gasteiger partial charge is 0.264 e. The first-order valence-corrected chi connectivity index (χ1v) is 8.64. The molecule has 1 aliphatic heterocycles. The number of aromatic nitrogens is 3. The lowest BCUT2D eigenvalue weighted by molar-refractivity contribution is 0.122. The minimum Gasteiger partial charge on any atom is -0.378 e. The van der Waals surface area contributed by atoms with Crippen LogP contribution >= 0.6 is 0 Å². The van der Waals surface area contributed by atoms with Crippen molar-refractivity contribution in [2.45, 2.75) is 0 Å². The molecule has 0 aliphatic carbocycles. The minimum atomic E-state index is -0.110. The van der Waals surface area contributed by atoms with Crippen molar-refractivity contribution in [2.75, 3.05) is 43.6 Å². The van der Waals surface area contributed by atoms with Gasteiger partial charge in [-0.25, -0.2) is 9.97 Å². The molecule has 1 N–H and O–H groups in total. The second-order valence-corrected chi connectivity index (χ2v) is 6.31. The molecule has 0 bridgehead atoms. The van der Waals surface area contributed by atoms with Gasteiger partial charge in [-0.2, -0.15) is 0 Å². The first-order valence-electron chi connectivity index (χ1n) is 8.64. The van der Waals surface area contributed by atoms with Crippen LogP contribution in [0.5, 0.6) is 0 Å². The summed E-state index contributed by atoms with van der Waals surface area (Å²) in [7, 11) is 3.45. The van der Waals surface area contributed by atoms with Crippen molar-refractivity contribution in [1.29, 1.82) is 0 Å². The van der Waals surface area contributed by atoms with E-state index in [1.165, 1.54) is 16.6 Å². The summed E-state index contributed by atoms with van der Waals surface area (Å²) in [5.41, 5.74) is 3.48. The highest BCUT2D eigenvalue weighted by atomic mass is 16.5. The third-order valence-electron chi connectivity index (χ3n) is 4.68. The van der Waals surface area contributed by atoms with Crippen molar-refractivity contribution in [3.05, 3.63) is 47.0 Å². The maximum Gasteiger partial charge on any atom is 0.264 e. The van der Waals surface area contributed by atoms with Crippen molar-refractivity contribution in [3.8, 4) is 11.3 Å². The van der Waals surface area contributed by atoms with Gasteiger partial charge in [0.15, 0.2) is 0 Å². The molecule has 0 spiro atoms. The molecule has 1 aliphatic rings. The Kier molecular flexibility index (Phi) is 4.30. The largest absolute Gasteiger partial charge is 0.378 e. The number of morpholine rings is 1. The summed E-state index contributed by atoms with van der Waals surface area (Å²) in [6.07, 6.45) is 1.54. The molecule has 2 aromatic heterocycles. The fourth-order valence-corrected chi connectivity index (χ4v) is 3.22. The molecule has 3 heterocycles. The van der Waals surface area contributed by atoms with Gasteiger partial charge in [-0.15, -0.1) is 0 Å². The second-order valence-electron chi connectivity index (χ2n) is 6.31. The lowest BCUT2D eigenvalue weighted by atomic mass is 10.1.